The van der Waals surface area contributed by atoms with Crippen LogP contribution in [0.15, 0.2) is 33.4 Å². The van der Waals surface area contributed by atoms with Crippen molar-refractivity contribution in [2.45, 2.75) is 6.10 Å². The summed E-state index contributed by atoms with van der Waals surface area (Å²) < 4.78 is 16.0. The molecule has 9 nitrogen and oxygen atoms in total. The number of hydrogen-bond acceptors (Lipinski definition) is 7. The van der Waals surface area contributed by atoms with Gasteiger partial charge < -0.3 is 23.7 Å². The molecule has 0 radical (unpaired) electrons. The van der Waals surface area contributed by atoms with Gasteiger partial charge >= 0.3 is 5.97 Å². The predicted octanol–water partition coefficient (Wildman–Crippen LogP) is 0.792. The molecule has 0 bridgehead atoms. The maximum absolute atomic E-state index is 12.6. The van der Waals surface area contributed by atoms with Gasteiger partial charge in [-0.15, -0.1) is 0 Å². The molecule has 3 heterocycles. The Kier molecular flexibility index (Phi) is 5.15. The molecule has 2 aromatic heterocycles. The van der Waals surface area contributed by atoms with Crippen LogP contribution in [-0.2, 0) is 9.53 Å². The quantitative estimate of drug-likeness (QED) is 0.815. The zero-order chi connectivity index (χ0) is 17.8. The summed E-state index contributed by atoms with van der Waals surface area (Å²) in [4.78, 5) is 26.6. The fourth-order valence-electron chi connectivity index (χ4n) is 2.73. The van der Waals surface area contributed by atoms with Crippen molar-refractivity contribution in [1.29, 1.82) is 0 Å². The van der Waals surface area contributed by atoms with Gasteiger partial charge in [0.25, 0.3) is 5.91 Å². The van der Waals surface area contributed by atoms with Gasteiger partial charge in [0.2, 0.25) is 5.76 Å². The SMILES string of the molecule is CN(CC(=O)O)CC1CN(C(=O)c2cc(-c3ccco3)on2)CCO1. The average Bonchev–Trinajstić information content (AvgIpc) is 3.24. The summed E-state index contributed by atoms with van der Waals surface area (Å²) >= 11 is 0. The monoisotopic (exact) mass is 349 g/mol. The van der Waals surface area contributed by atoms with E-state index in [-0.39, 0.29) is 24.2 Å². The lowest BCUT2D eigenvalue weighted by molar-refractivity contribution is -0.138. The third-order valence-corrected chi connectivity index (χ3v) is 3.84. The van der Waals surface area contributed by atoms with Crippen molar-refractivity contribution in [3.63, 3.8) is 0 Å². The molecule has 1 unspecified atom stereocenters. The van der Waals surface area contributed by atoms with Crippen LogP contribution >= 0.6 is 0 Å². The highest BCUT2D eigenvalue weighted by Gasteiger charge is 2.28. The lowest BCUT2D eigenvalue weighted by atomic mass is 10.2. The van der Waals surface area contributed by atoms with Crippen LogP contribution in [0.3, 0.4) is 0 Å². The number of carbonyl (C=O) groups is 2. The Bertz CT molecular complexity index is 726. The Morgan fingerprint density at radius 1 is 1.44 bits per heavy atom. The van der Waals surface area contributed by atoms with Crippen molar-refractivity contribution in [3.05, 3.63) is 30.2 Å². The Morgan fingerprint density at radius 3 is 3.00 bits per heavy atom. The minimum atomic E-state index is -0.903. The second-order valence-corrected chi connectivity index (χ2v) is 5.89. The Hall–Kier alpha value is -2.65. The van der Waals surface area contributed by atoms with E-state index in [4.69, 9.17) is 18.8 Å². The van der Waals surface area contributed by atoms with Gasteiger partial charge in [-0.3, -0.25) is 14.5 Å². The van der Waals surface area contributed by atoms with Gasteiger partial charge in [0.15, 0.2) is 11.5 Å². The summed E-state index contributed by atoms with van der Waals surface area (Å²) in [5.41, 5.74) is 0.200. The molecule has 9 heteroatoms. The van der Waals surface area contributed by atoms with Gasteiger partial charge in [0, 0.05) is 25.7 Å². The largest absolute Gasteiger partial charge is 0.480 e. The summed E-state index contributed by atoms with van der Waals surface area (Å²) in [5, 5.41) is 12.6. The summed E-state index contributed by atoms with van der Waals surface area (Å²) in [6.45, 7) is 1.54. The summed E-state index contributed by atoms with van der Waals surface area (Å²) in [6, 6.07) is 4.99. The van der Waals surface area contributed by atoms with Gasteiger partial charge in [-0.25, -0.2) is 0 Å². The second-order valence-electron chi connectivity index (χ2n) is 5.89. The highest BCUT2D eigenvalue weighted by molar-refractivity contribution is 5.93. The fraction of sp³-hybridized carbons (Fsp3) is 0.438. The third kappa shape index (κ3) is 4.25. The number of amides is 1. The molecule has 3 rings (SSSR count). The van der Waals surface area contributed by atoms with Crippen LogP contribution in [0.25, 0.3) is 11.5 Å². The van der Waals surface area contributed by atoms with Crippen LogP contribution in [0.5, 0.6) is 0 Å². The number of ether oxygens (including phenoxy) is 1. The van der Waals surface area contributed by atoms with Crippen LogP contribution < -0.4 is 0 Å². The molecule has 1 fully saturated rings. The molecule has 0 saturated carbocycles. The highest BCUT2D eigenvalue weighted by Crippen LogP contribution is 2.21. The van der Waals surface area contributed by atoms with E-state index in [9.17, 15) is 9.59 Å². The molecule has 2 aromatic rings. The number of morpholine rings is 1. The first-order valence-corrected chi connectivity index (χ1v) is 7.84. The van der Waals surface area contributed by atoms with Gasteiger partial charge in [-0.2, -0.15) is 0 Å². The van der Waals surface area contributed by atoms with E-state index >= 15 is 0 Å². The van der Waals surface area contributed by atoms with Crippen LogP contribution in [0.2, 0.25) is 0 Å². The normalized spacial score (nSPS) is 17.8. The van der Waals surface area contributed by atoms with E-state index in [2.05, 4.69) is 5.16 Å². The second kappa shape index (κ2) is 7.49. The van der Waals surface area contributed by atoms with Crippen molar-refractivity contribution >= 4 is 11.9 Å². The number of carbonyl (C=O) groups excluding carboxylic acids is 1. The van der Waals surface area contributed by atoms with E-state index in [1.54, 1.807) is 35.0 Å². The maximum atomic E-state index is 12.6. The number of aromatic nitrogens is 1. The first-order valence-electron chi connectivity index (χ1n) is 7.84. The van der Waals surface area contributed by atoms with Crippen LogP contribution in [0.4, 0.5) is 0 Å². The number of carboxylic acids is 1. The number of likely N-dealkylation sites (N-methyl/N-ethyl adjacent to an activating group) is 1. The van der Waals surface area contributed by atoms with Crippen molar-refractivity contribution in [2.24, 2.45) is 0 Å². The molecule has 1 aliphatic rings. The summed E-state index contributed by atoms with van der Waals surface area (Å²) in [7, 11) is 1.70. The Morgan fingerprint density at radius 2 is 2.28 bits per heavy atom. The first-order chi connectivity index (χ1) is 12.0. The summed E-state index contributed by atoms with van der Waals surface area (Å²) in [5.74, 6) is -0.268. The Labute approximate surface area is 143 Å². The predicted molar refractivity (Wildman–Crippen MR) is 85.0 cm³/mol. The first kappa shape index (κ1) is 17.2. The molecular formula is C16H19N3O6. The molecule has 0 spiro atoms. The van der Waals surface area contributed by atoms with Crippen LogP contribution in [0, 0.1) is 0 Å². The summed E-state index contributed by atoms with van der Waals surface area (Å²) in [6.07, 6.45) is 1.26. The number of furan rings is 1. The standard InChI is InChI=1S/C16H19N3O6/c1-18(10-15(20)21)8-11-9-19(4-6-23-11)16(22)12-7-14(25-17-12)13-3-2-5-24-13/h2-3,5,7,11H,4,6,8-10H2,1H3,(H,20,21). The molecule has 1 N–H and O–H groups in total. The molecule has 25 heavy (non-hydrogen) atoms. The minimum Gasteiger partial charge on any atom is -0.480 e. The Balaban J connectivity index is 1.61. The molecule has 0 aliphatic carbocycles. The molecule has 1 aliphatic heterocycles. The fourth-order valence-corrected chi connectivity index (χ4v) is 2.73. The van der Waals surface area contributed by atoms with E-state index < -0.39 is 5.97 Å². The molecular weight excluding hydrogens is 330 g/mol. The lowest BCUT2D eigenvalue weighted by Gasteiger charge is -2.34. The van der Waals surface area contributed by atoms with Gasteiger partial charge in [0.1, 0.15) is 0 Å². The third-order valence-electron chi connectivity index (χ3n) is 3.84. The smallest absolute Gasteiger partial charge is 0.317 e. The maximum Gasteiger partial charge on any atom is 0.317 e. The van der Waals surface area contributed by atoms with Gasteiger partial charge in [0.05, 0.1) is 25.5 Å². The van der Waals surface area contributed by atoms with E-state index in [1.807, 2.05) is 0 Å². The highest BCUT2D eigenvalue weighted by atomic mass is 16.5. The number of carboxylic acid groups (broad SMARTS) is 1. The van der Waals surface area contributed by atoms with Crippen LogP contribution in [0.1, 0.15) is 10.5 Å². The minimum absolute atomic E-state index is 0.0798. The van der Waals surface area contributed by atoms with E-state index in [0.29, 0.717) is 37.8 Å². The van der Waals surface area contributed by atoms with Crippen molar-refractivity contribution in [3.8, 4) is 11.5 Å². The zero-order valence-electron chi connectivity index (χ0n) is 13.8. The number of nitrogens with zero attached hydrogens (tertiary/aromatic N) is 3. The topological polar surface area (TPSA) is 109 Å². The number of rotatable bonds is 6. The van der Waals surface area contributed by atoms with Crippen molar-refractivity contribution in [1.82, 2.24) is 15.0 Å². The molecule has 1 amide bonds. The number of hydrogen-bond donors (Lipinski definition) is 1. The number of aliphatic carboxylic acids is 1. The molecule has 134 valence electrons. The lowest BCUT2D eigenvalue weighted by Crippen LogP contribution is -2.49. The zero-order valence-corrected chi connectivity index (χ0v) is 13.8. The van der Waals surface area contributed by atoms with E-state index in [1.165, 1.54) is 6.26 Å². The molecule has 1 atom stereocenters. The van der Waals surface area contributed by atoms with E-state index in [0.717, 1.165) is 0 Å². The molecule has 0 aromatic carbocycles. The van der Waals surface area contributed by atoms with Gasteiger partial charge in [-0.05, 0) is 19.2 Å². The van der Waals surface area contributed by atoms with Crippen LogP contribution in [-0.4, -0.2) is 77.9 Å². The van der Waals surface area contributed by atoms with Crippen molar-refractivity contribution < 1.29 is 28.4 Å². The molecule has 1 saturated heterocycles. The van der Waals surface area contributed by atoms with Crippen molar-refractivity contribution in [2.75, 3.05) is 39.8 Å². The average molecular weight is 349 g/mol. The van der Waals surface area contributed by atoms with Gasteiger partial charge in [-0.1, -0.05) is 5.16 Å².